The summed E-state index contributed by atoms with van der Waals surface area (Å²) in [6.45, 7) is 2.11. The molecule has 1 amide bonds. The normalized spacial score (nSPS) is 16.6. The fourth-order valence-corrected chi connectivity index (χ4v) is 1.92. The number of carbonyl (C=O) groups is 1. The number of halogens is 1. The van der Waals surface area contributed by atoms with Gasteiger partial charge in [0.2, 0.25) is 5.91 Å². The van der Waals surface area contributed by atoms with Crippen LogP contribution in [0.15, 0.2) is 23.4 Å². The van der Waals surface area contributed by atoms with Crippen molar-refractivity contribution in [2.24, 2.45) is 16.3 Å². The summed E-state index contributed by atoms with van der Waals surface area (Å²) in [4.78, 5) is 12.1. The van der Waals surface area contributed by atoms with Crippen LogP contribution in [-0.4, -0.2) is 23.6 Å². The van der Waals surface area contributed by atoms with E-state index in [1.165, 1.54) is 18.2 Å². The van der Waals surface area contributed by atoms with Crippen molar-refractivity contribution in [2.45, 2.75) is 19.8 Å². The summed E-state index contributed by atoms with van der Waals surface area (Å²) in [5, 5.41) is 14.1. The number of anilines is 1. The molecule has 20 heavy (non-hydrogen) atoms. The van der Waals surface area contributed by atoms with Crippen molar-refractivity contribution in [3.8, 4) is 5.75 Å². The topological polar surface area (TPSA) is 96.9 Å². The fraction of sp³-hybridized carbons (Fsp3) is 0.385. The Hall–Kier alpha value is -2.31. The van der Waals surface area contributed by atoms with E-state index in [-0.39, 0.29) is 11.6 Å². The second-order valence-electron chi connectivity index (χ2n) is 4.60. The van der Waals surface area contributed by atoms with Crippen LogP contribution in [0.4, 0.5) is 10.1 Å². The maximum absolute atomic E-state index is 13.7. The lowest BCUT2D eigenvalue weighted by Gasteiger charge is -2.14. The van der Waals surface area contributed by atoms with Gasteiger partial charge in [-0.1, -0.05) is 5.16 Å². The second-order valence-corrected chi connectivity index (χ2v) is 4.60. The van der Waals surface area contributed by atoms with Crippen LogP contribution in [0.3, 0.4) is 0 Å². The maximum atomic E-state index is 13.7. The Kier molecular flexibility index (Phi) is 3.78. The number of amidine groups is 1. The van der Waals surface area contributed by atoms with Gasteiger partial charge in [0.15, 0.2) is 17.4 Å². The molecule has 0 radical (unpaired) electrons. The molecule has 6 nitrogen and oxygen atoms in total. The van der Waals surface area contributed by atoms with Gasteiger partial charge in [0.05, 0.1) is 6.61 Å². The first kappa shape index (κ1) is 14.1. The van der Waals surface area contributed by atoms with E-state index in [1.807, 2.05) is 0 Å². The first-order valence-corrected chi connectivity index (χ1v) is 6.25. The van der Waals surface area contributed by atoms with E-state index in [0.717, 1.165) is 0 Å². The zero-order chi connectivity index (χ0) is 14.8. The number of oxime groups is 1. The van der Waals surface area contributed by atoms with Crippen LogP contribution in [0.1, 0.15) is 19.8 Å². The quantitative estimate of drug-likeness (QED) is 0.331. The smallest absolute Gasteiger partial charge is 0.238 e. The van der Waals surface area contributed by atoms with Crippen LogP contribution in [0.25, 0.3) is 0 Å². The molecule has 108 valence electrons. The molecule has 0 bridgehead atoms. The minimum Gasteiger partial charge on any atom is -0.491 e. The number of rotatable bonds is 5. The predicted octanol–water partition coefficient (Wildman–Crippen LogP) is 1.69. The van der Waals surface area contributed by atoms with Crippen LogP contribution in [0.2, 0.25) is 0 Å². The van der Waals surface area contributed by atoms with E-state index in [1.54, 1.807) is 6.92 Å². The van der Waals surface area contributed by atoms with Crippen molar-refractivity contribution in [3.63, 3.8) is 0 Å². The van der Waals surface area contributed by atoms with Gasteiger partial charge in [-0.2, -0.15) is 0 Å². The highest BCUT2D eigenvalue weighted by Gasteiger charge is 2.54. The van der Waals surface area contributed by atoms with Crippen molar-refractivity contribution in [2.75, 3.05) is 11.9 Å². The first-order valence-electron chi connectivity index (χ1n) is 6.25. The number of benzene rings is 1. The summed E-state index contributed by atoms with van der Waals surface area (Å²) in [5.41, 5.74) is 4.84. The molecule has 0 unspecified atom stereocenters. The highest BCUT2D eigenvalue weighted by atomic mass is 19.1. The Balaban J connectivity index is 2.11. The van der Waals surface area contributed by atoms with Gasteiger partial charge < -0.3 is 21.0 Å². The lowest BCUT2D eigenvalue weighted by Crippen LogP contribution is -2.36. The number of hydrogen-bond donors (Lipinski definition) is 3. The molecule has 0 aromatic heterocycles. The molecule has 0 atom stereocenters. The lowest BCUT2D eigenvalue weighted by molar-refractivity contribution is -0.119. The van der Waals surface area contributed by atoms with Crippen LogP contribution in [0, 0.1) is 11.2 Å². The second kappa shape index (κ2) is 5.36. The Bertz CT molecular complexity index is 556. The number of nitrogens with zero attached hydrogens (tertiary/aromatic N) is 1. The Labute approximate surface area is 115 Å². The molecule has 7 heteroatoms. The molecule has 1 saturated carbocycles. The van der Waals surface area contributed by atoms with Gasteiger partial charge in [-0.25, -0.2) is 4.39 Å². The number of hydrogen-bond acceptors (Lipinski definition) is 4. The summed E-state index contributed by atoms with van der Waals surface area (Å²) < 4.78 is 18.7. The first-order chi connectivity index (χ1) is 9.53. The van der Waals surface area contributed by atoms with Gasteiger partial charge in [0, 0.05) is 11.8 Å². The molecule has 1 aliphatic carbocycles. The molecule has 1 aromatic rings. The van der Waals surface area contributed by atoms with Crippen LogP contribution >= 0.6 is 0 Å². The minimum absolute atomic E-state index is 0.124. The highest BCUT2D eigenvalue weighted by Crippen LogP contribution is 2.46. The highest BCUT2D eigenvalue weighted by molar-refractivity contribution is 6.14. The van der Waals surface area contributed by atoms with Crippen molar-refractivity contribution in [1.29, 1.82) is 0 Å². The standard InChI is InChI=1S/C13H16FN3O3/c1-2-20-10-4-3-8(7-9(10)14)16-12(18)13(5-6-13)11(15)17-19/h3-4,7,19H,2,5-6H2,1H3,(H2,15,17)(H,16,18). The Morgan fingerprint density at radius 1 is 1.60 bits per heavy atom. The number of carbonyl (C=O) groups excluding carboxylic acids is 1. The Morgan fingerprint density at radius 2 is 2.30 bits per heavy atom. The van der Waals surface area contributed by atoms with Gasteiger partial charge in [-0.05, 0) is 31.9 Å². The zero-order valence-electron chi connectivity index (χ0n) is 11.0. The van der Waals surface area contributed by atoms with Crippen molar-refractivity contribution in [3.05, 3.63) is 24.0 Å². The third-order valence-corrected chi connectivity index (χ3v) is 3.27. The SMILES string of the molecule is CCOc1ccc(NC(=O)C2(/C(N)=N/O)CC2)cc1F. The van der Waals surface area contributed by atoms with Crippen LogP contribution in [-0.2, 0) is 4.79 Å². The predicted molar refractivity (Wildman–Crippen MR) is 71.3 cm³/mol. The largest absolute Gasteiger partial charge is 0.491 e. The molecule has 0 aliphatic heterocycles. The number of amides is 1. The average Bonchev–Trinajstić information content (AvgIpc) is 3.22. The van der Waals surface area contributed by atoms with Gasteiger partial charge in [0.1, 0.15) is 5.41 Å². The van der Waals surface area contributed by atoms with E-state index in [2.05, 4.69) is 10.5 Å². The number of ether oxygens (including phenoxy) is 1. The van der Waals surface area contributed by atoms with Crippen molar-refractivity contribution in [1.82, 2.24) is 0 Å². The molecule has 0 saturated heterocycles. The van der Waals surface area contributed by atoms with Gasteiger partial charge >= 0.3 is 0 Å². The minimum atomic E-state index is -0.968. The Morgan fingerprint density at radius 3 is 2.80 bits per heavy atom. The summed E-state index contributed by atoms with van der Waals surface area (Å²) in [6.07, 6.45) is 1.02. The van der Waals surface area contributed by atoms with Crippen molar-refractivity contribution >= 4 is 17.4 Å². The molecule has 0 heterocycles. The fourth-order valence-electron chi connectivity index (χ4n) is 1.92. The average molecular weight is 281 g/mol. The van der Waals surface area contributed by atoms with Gasteiger partial charge in [-0.3, -0.25) is 4.79 Å². The molecular formula is C13H16FN3O3. The molecule has 1 aliphatic rings. The molecule has 1 fully saturated rings. The molecule has 0 spiro atoms. The lowest BCUT2D eigenvalue weighted by atomic mass is 10.1. The summed E-state index contributed by atoms with van der Waals surface area (Å²) in [6, 6.07) is 4.15. The van der Waals surface area contributed by atoms with E-state index < -0.39 is 17.1 Å². The molecule has 1 aromatic carbocycles. The number of nitrogens with two attached hydrogens (primary N) is 1. The molecule has 2 rings (SSSR count). The maximum Gasteiger partial charge on any atom is 0.238 e. The van der Waals surface area contributed by atoms with E-state index in [4.69, 9.17) is 15.7 Å². The zero-order valence-corrected chi connectivity index (χ0v) is 11.0. The van der Waals surface area contributed by atoms with Crippen molar-refractivity contribution < 1.29 is 19.1 Å². The third kappa shape index (κ3) is 2.52. The number of nitrogens with one attached hydrogen (secondary N) is 1. The monoisotopic (exact) mass is 281 g/mol. The summed E-state index contributed by atoms with van der Waals surface area (Å²) in [7, 11) is 0. The summed E-state index contributed by atoms with van der Waals surface area (Å²) >= 11 is 0. The molecular weight excluding hydrogens is 265 g/mol. The molecule has 4 N–H and O–H groups in total. The van der Waals surface area contributed by atoms with Gasteiger partial charge in [-0.15, -0.1) is 0 Å². The van der Waals surface area contributed by atoms with E-state index in [9.17, 15) is 9.18 Å². The third-order valence-electron chi connectivity index (χ3n) is 3.27. The summed E-state index contributed by atoms with van der Waals surface area (Å²) in [5.74, 6) is -0.959. The van der Waals surface area contributed by atoms with Gasteiger partial charge in [0.25, 0.3) is 0 Å². The van der Waals surface area contributed by atoms with E-state index >= 15 is 0 Å². The van der Waals surface area contributed by atoms with Crippen LogP contribution < -0.4 is 15.8 Å². The van der Waals surface area contributed by atoms with E-state index in [0.29, 0.717) is 25.1 Å². The van der Waals surface area contributed by atoms with Crippen LogP contribution in [0.5, 0.6) is 5.75 Å².